The molecule has 21 heavy (non-hydrogen) atoms. The Bertz CT molecular complexity index is 623. The molecule has 0 saturated carbocycles. The minimum absolute atomic E-state index is 0.0237. The average Bonchev–Trinajstić information content (AvgIpc) is 2.41. The van der Waals surface area contributed by atoms with Gasteiger partial charge in [-0.3, -0.25) is 0 Å². The number of aryl methyl sites for hydroxylation is 2. The molecule has 0 aromatic heterocycles. The van der Waals surface area contributed by atoms with Crippen LogP contribution in [0.25, 0.3) is 0 Å². The Morgan fingerprint density at radius 3 is 2.43 bits per heavy atom. The molecular formula is C18H21F2N. The first-order valence-electron chi connectivity index (χ1n) is 7.25. The Morgan fingerprint density at radius 2 is 1.81 bits per heavy atom. The average molecular weight is 289 g/mol. The van der Waals surface area contributed by atoms with E-state index in [-0.39, 0.29) is 6.04 Å². The van der Waals surface area contributed by atoms with Crippen LogP contribution in [0.5, 0.6) is 0 Å². The molecule has 0 aliphatic carbocycles. The lowest BCUT2D eigenvalue weighted by Gasteiger charge is -2.21. The van der Waals surface area contributed by atoms with Crippen molar-refractivity contribution in [2.75, 3.05) is 6.54 Å². The second-order valence-electron chi connectivity index (χ2n) is 5.41. The first-order chi connectivity index (χ1) is 10.0. The van der Waals surface area contributed by atoms with Crippen molar-refractivity contribution in [2.24, 2.45) is 0 Å². The normalized spacial score (nSPS) is 12.4. The van der Waals surface area contributed by atoms with Gasteiger partial charge in [-0.1, -0.05) is 36.8 Å². The molecular weight excluding hydrogens is 268 g/mol. The quantitative estimate of drug-likeness (QED) is 0.856. The minimum Gasteiger partial charge on any atom is -0.310 e. The van der Waals surface area contributed by atoms with Gasteiger partial charge in [0.05, 0.1) is 0 Å². The number of nitrogens with one attached hydrogen (secondary N) is 1. The van der Waals surface area contributed by atoms with E-state index in [9.17, 15) is 8.78 Å². The van der Waals surface area contributed by atoms with Crippen LogP contribution in [0, 0.1) is 25.5 Å². The summed E-state index contributed by atoms with van der Waals surface area (Å²) in [6.45, 7) is 6.94. The Hall–Kier alpha value is -1.74. The van der Waals surface area contributed by atoms with E-state index in [1.165, 1.54) is 23.3 Å². The van der Waals surface area contributed by atoms with Gasteiger partial charge in [0.25, 0.3) is 0 Å². The van der Waals surface area contributed by atoms with Gasteiger partial charge in [-0.25, -0.2) is 8.78 Å². The molecule has 0 fully saturated rings. The number of halogens is 2. The van der Waals surface area contributed by atoms with Crippen molar-refractivity contribution in [2.45, 2.75) is 33.2 Å². The summed E-state index contributed by atoms with van der Waals surface area (Å²) in [4.78, 5) is 0. The molecule has 0 spiro atoms. The van der Waals surface area contributed by atoms with Gasteiger partial charge >= 0.3 is 0 Å². The standard InChI is InChI=1S/C18H21F2N/c1-4-21-18(16-8-5-12(2)9-13(16)3)10-14-6-7-15(19)11-17(14)20/h5-9,11,18,21H,4,10H2,1-3H3. The maximum Gasteiger partial charge on any atom is 0.129 e. The first-order valence-corrected chi connectivity index (χ1v) is 7.25. The van der Waals surface area contributed by atoms with E-state index in [2.05, 4.69) is 37.4 Å². The Morgan fingerprint density at radius 1 is 1.05 bits per heavy atom. The second kappa shape index (κ2) is 6.81. The Kier molecular flexibility index (Phi) is 5.07. The molecule has 1 unspecified atom stereocenters. The van der Waals surface area contributed by atoms with Crippen LogP contribution in [0.15, 0.2) is 36.4 Å². The molecule has 1 N–H and O–H groups in total. The van der Waals surface area contributed by atoms with Crippen molar-refractivity contribution in [1.29, 1.82) is 0 Å². The third kappa shape index (κ3) is 3.88. The highest BCUT2D eigenvalue weighted by Gasteiger charge is 2.16. The van der Waals surface area contributed by atoms with Gasteiger partial charge in [0.15, 0.2) is 0 Å². The van der Waals surface area contributed by atoms with Crippen LogP contribution in [-0.2, 0) is 6.42 Å². The maximum atomic E-state index is 13.9. The van der Waals surface area contributed by atoms with Crippen molar-refractivity contribution >= 4 is 0 Å². The van der Waals surface area contributed by atoms with Crippen LogP contribution in [0.3, 0.4) is 0 Å². The second-order valence-corrected chi connectivity index (χ2v) is 5.41. The van der Waals surface area contributed by atoms with E-state index < -0.39 is 11.6 Å². The molecule has 0 aliphatic rings. The van der Waals surface area contributed by atoms with Crippen LogP contribution >= 0.6 is 0 Å². The van der Waals surface area contributed by atoms with Gasteiger partial charge < -0.3 is 5.32 Å². The highest BCUT2D eigenvalue weighted by molar-refractivity contribution is 5.34. The fourth-order valence-corrected chi connectivity index (χ4v) is 2.66. The summed E-state index contributed by atoms with van der Waals surface area (Å²) < 4.78 is 26.9. The highest BCUT2D eigenvalue weighted by Crippen LogP contribution is 2.24. The fourth-order valence-electron chi connectivity index (χ4n) is 2.66. The zero-order valence-electron chi connectivity index (χ0n) is 12.7. The molecule has 0 amide bonds. The van der Waals surface area contributed by atoms with Crippen molar-refractivity contribution in [3.05, 3.63) is 70.3 Å². The van der Waals surface area contributed by atoms with Gasteiger partial charge in [-0.15, -0.1) is 0 Å². The Balaban J connectivity index is 2.30. The largest absolute Gasteiger partial charge is 0.310 e. The SMILES string of the molecule is CCNC(Cc1ccc(F)cc1F)c1ccc(C)cc1C. The predicted octanol–water partition coefficient (Wildman–Crippen LogP) is 4.47. The van der Waals surface area contributed by atoms with Gasteiger partial charge in [0.1, 0.15) is 11.6 Å². The molecule has 0 saturated heterocycles. The monoisotopic (exact) mass is 289 g/mol. The van der Waals surface area contributed by atoms with Gasteiger partial charge in [-0.05, 0) is 49.6 Å². The van der Waals surface area contributed by atoms with E-state index in [1.54, 1.807) is 0 Å². The van der Waals surface area contributed by atoms with Crippen LogP contribution in [0.1, 0.15) is 35.2 Å². The molecule has 2 aromatic carbocycles. The van der Waals surface area contributed by atoms with Crippen LogP contribution in [-0.4, -0.2) is 6.54 Å². The van der Waals surface area contributed by atoms with Gasteiger partial charge in [0, 0.05) is 12.1 Å². The lowest BCUT2D eigenvalue weighted by Crippen LogP contribution is -2.24. The molecule has 1 nitrogen and oxygen atoms in total. The summed E-state index contributed by atoms with van der Waals surface area (Å²) in [6, 6.07) is 10.1. The summed E-state index contributed by atoms with van der Waals surface area (Å²) >= 11 is 0. The van der Waals surface area contributed by atoms with E-state index in [0.717, 1.165) is 18.2 Å². The first kappa shape index (κ1) is 15.6. The van der Waals surface area contributed by atoms with Crippen LogP contribution in [0.4, 0.5) is 8.78 Å². The third-order valence-electron chi connectivity index (χ3n) is 3.69. The van der Waals surface area contributed by atoms with Crippen molar-refractivity contribution < 1.29 is 8.78 Å². The van der Waals surface area contributed by atoms with Gasteiger partial charge in [-0.2, -0.15) is 0 Å². The van der Waals surface area contributed by atoms with E-state index in [1.807, 2.05) is 6.92 Å². The fraction of sp³-hybridized carbons (Fsp3) is 0.333. The smallest absolute Gasteiger partial charge is 0.129 e. The molecule has 0 bridgehead atoms. The number of rotatable bonds is 5. The lowest BCUT2D eigenvalue weighted by atomic mass is 9.94. The van der Waals surface area contributed by atoms with Crippen LogP contribution < -0.4 is 5.32 Å². The maximum absolute atomic E-state index is 13.9. The molecule has 3 heteroatoms. The zero-order valence-corrected chi connectivity index (χ0v) is 12.7. The summed E-state index contributed by atoms with van der Waals surface area (Å²) in [7, 11) is 0. The third-order valence-corrected chi connectivity index (χ3v) is 3.69. The molecule has 112 valence electrons. The molecule has 0 heterocycles. The lowest BCUT2D eigenvalue weighted by molar-refractivity contribution is 0.519. The number of likely N-dealkylation sites (N-methyl/N-ethyl adjacent to an activating group) is 1. The Labute approximate surface area is 125 Å². The molecule has 2 aromatic rings. The highest BCUT2D eigenvalue weighted by atomic mass is 19.1. The number of hydrogen-bond donors (Lipinski definition) is 1. The molecule has 2 rings (SSSR count). The zero-order chi connectivity index (χ0) is 15.4. The summed E-state index contributed by atoms with van der Waals surface area (Å²) in [5.74, 6) is -1.02. The van der Waals surface area contributed by atoms with Crippen molar-refractivity contribution in [1.82, 2.24) is 5.32 Å². The summed E-state index contributed by atoms with van der Waals surface area (Å²) in [6.07, 6.45) is 0.504. The van der Waals surface area contributed by atoms with E-state index in [0.29, 0.717) is 12.0 Å². The molecule has 1 atom stereocenters. The van der Waals surface area contributed by atoms with Gasteiger partial charge in [0.2, 0.25) is 0 Å². The van der Waals surface area contributed by atoms with Crippen molar-refractivity contribution in [3.63, 3.8) is 0 Å². The summed E-state index contributed by atoms with van der Waals surface area (Å²) in [5.41, 5.74) is 4.08. The molecule has 0 aliphatic heterocycles. The number of benzene rings is 2. The molecule has 0 radical (unpaired) electrons. The topological polar surface area (TPSA) is 12.0 Å². The van der Waals surface area contributed by atoms with E-state index >= 15 is 0 Å². The predicted molar refractivity (Wildman–Crippen MR) is 82.4 cm³/mol. The summed E-state index contributed by atoms with van der Waals surface area (Å²) in [5, 5.41) is 3.39. The van der Waals surface area contributed by atoms with Crippen LogP contribution in [0.2, 0.25) is 0 Å². The number of hydrogen-bond acceptors (Lipinski definition) is 1. The van der Waals surface area contributed by atoms with E-state index in [4.69, 9.17) is 0 Å². The minimum atomic E-state index is -0.539. The van der Waals surface area contributed by atoms with Crippen molar-refractivity contribution in [3.8, 4) is 0 Å².